The maximum Gasteiger partial charge on any atom is 0.244 e. The van der Waals surface area contributed by atoms with E-state index < -0.39 is 5.82 Å². The van der Waals surface area contributed by atoms with Gasteiger partial charge < -0.3 is 9.88 Å². The monoisotopic (exact) mass is 351 g/mol. The zero-order valence-corrected chi connectivity index (χ0v) is 14.6. The van der Waals surface area contributed by atoms with Crippen molar-refractivity contribution in [3.05, 3.63) is 60.2 Å². The van der Waals surface area contributed by atoms with Crippen molar-refractivity contribution in [3.8, 4) is 0 Å². The Morgan fingerprint density at radius 3 is 2.62 bits per heavy atom. The van der Waals surface area contributed by atoms with Crippen molar-refractivity contribution in [2.45, 2.75) is 44.6 Å². The first kappa shape index (κ1) is 16.8. The molecule has 0 bridgehead atoms. The minimum absolute atomic E-state index is 0.140. The van der Waals surface area contributed by atoms with Crippen LogP contribution in [0.5, 0.6) is 0 Å². The van der Waals surface area contributed by atoms with Gasteiger partial charge in [0.05, 0.1) is 16.7 Å². The third-order valence-electron chi connectivity index (χ3n) is 5.10. The number of imidazole rings is 1. The summed E-state index contributed by atoms with van der Waals surface area (Å²) in [5.74, 6) is 0.700. The van der Waals surface area contributed by atoms with Gasteiger partial charge in [-0.2, -0.15) is 0 Å². The maximum atomic E-state index is 13.8. The number of hydrogen-bond acceptors (Lipinski definition) is 2. The number of amides is 1. The number of halogens is 1. The molecule has 0 saturated heterocycles. The number of carbonyl (C=O) groups excluding carboxylic acids is 1. The normalized spacial score (nSPS) is 15.3. The van der Waals surface area contributed by atoms with Crippen molar-refractivity contribution in [3.63, 3.8) is 0 Å². The number of fused-ring (bicyclic) bond motifs is 1. The van der Waals surface area contributed by atoms with Crippen LogP contribution in [0, 0.1) is 5.82 Å². The molecule has 5 heteroatoms. The number of hydrogen-bond donors (Lipinski definition) is 1. The van der Waals surface area contributed by atoms with Gasteiger partial charge >= 0.3 is 0 Å². The van der Waals surface area contributed by atoms with Crippen LogP contribution in [0.4, 0.5) is 10.1 Å². The first-order chi connectivity index (χ1) is 12.7. The molecule has 0 radical (unpaired) electrons. The smallest absolute Gasteiger partial charge is 0.244 e. The lowest BCUT2D eigenvalue weighted by Gasteiger charge is -2.22. The third-order valence-corrected chi connectivity index (χ3v) is 5.10. The highest BCUT2D eigenvalue weighted by atomic mass is 19.1. The molecule has 0 atom stereocenters. The Morgan fingerprint density at radius 2 is 1.81 bits per heavy atom. The van der Waals surface area contributed by atoms with E-state index in [4.69, 9.17) is 4.98 Å². The lowest BCUT2D eigenvalue weighted by molar-refractivity contribution is -0.116. The van der Waals surface area contributed by atoms with Crippen LogP contribution >= 0.6 is 0 Å². The fourth-order valence-electron chi connectivity index (χ4n) is 3.83. The van der Waals surface area contributed by atoms with Crippen LogP contribution < -0.4 is 5.32 Å². The topological polar surface area (TPSA) is 46.9 Å². The van der Waals surface area contributed by atoms with Crippen molar-refractivity contribution in [1.82, 2.24) is 9.55 Å². The molecule has 0 aliphatic heterocycles. The van der Waals surface area contributed by atoms with Gasteiger partial charge in [0.15, 0.2) is 0 Å². The number of benzene rings is 2. The zero-order chi connectivity index (χ0) is 17.9. The van der Waals surface area contributed by atoms with Gasteiger partial charge in [-0.25, -0.2) is 9.37 Å². The highest BCUT2D eigenvalue weighted by Crippen LogP contribution is 2.34. The molecule has 1 saturated carbocycles. The molecule has 4 nitrogen and oxygen atoms in total. The summed E-state index contributed by atoms with van der Waals surface area (Å²) >= 11 is 0. The molecule has 1 amide bonds. The molecule has 1 heterocycles. The Kier molecular flexibility index (Phi) is 4.69. The Morgan fingerprint density at radius 1 is 1.08 bits per heavy atom. The van der Waals surface area contributed by atoms with Crippen LogP contribution in [0.25, 0.3) is 11.0 Å². The molecule has 1 aliphatic rings. The predicted molar refractivity (Wildman–Crippen MR) is 101 cm³/mol. The lowest BCUT2D eigenvalue weighted by atomic mass is 9.88. The van der Waals surface area contributed by atoms with E-state index in [2.05, 4.69) is 5.32 Å². The SMILES string of the molecule is O=C(Cn1c(C2CCCCC2)nc2ccccc21)Nc1ccccc1F. The number of nitrogens with one attached hydrogen (secondary N) is 1. The van der Waals surface area contributed by atoms with Crippen molar-refractivity contribution < 1.29 is 9.18 Å². The molecule has 1 aromatic heterocycles. The lowest BCUT2D eigenvalue weighted by Crippen LogP contribution is -2.22. The second kappa shape index (κ2) is 7.28. The molecule has 26 heavy (non-hydrogen) atoms. The van der Waals surface area contributed by atoms with Crippen LogP contribution in [0.3, 0.4) is 0 Å². The summed E-state index contributed by atoms with van der Waals surface area (Å²) in [6, 6.07) is 14.1. The van der Waals surface area contributed by atoms with Gasteiger partial charge in [0.25, 0.3) is 0 Å². The summed E-state index contributed by atoms with van der Waals surface area (Å²) in [5, 5.41) is 2.68. The first-order valence-corrected chi connectivity index (χ1v) is 9.22. The Bertz CT molecular complexity index is 928. The largest absolute Gasteiger partial charge is 0.322 e. The summed E-state index contributed by atoms with van der Waals surface area (Å²) in [6.45, 7) is 0.140. The number of anilines is 1. The molecule has 0 spiro atoms. The van der Waals surface area contributed by atoms with E-state index in [0.29, 0.717) is 5.92 Å². The number of para-hydroxylation sites is 3. The number of nitrogens with zero attached hydrogens (tertiary/aromatic N) is 2. The van der Waals surface area contributed by atoms with Crippen molar-refractivity contribution in [2.75, 3.05) is 5.32 Å². The zero-order valence-electron chi connectivity index (χ0n) is 14.6. The molecule has 134 valence electrons. The Hall–Kier alpha value is -2.69. The molecular formula is C21H22FN3O. The van der Waals surface area contributed by atoms with Gasteiger partial charge in [0, 0.05) is 5.92 Å². The van der Waals surface area contributed by atoms with Crippen LogP contribution in [0.1, 0.15) is 43.8 Å². The standard InChI is InChI=1S/C21H22FN3O/c22-16-10-4-5-11-17(16)23-20(26)14-25-19-13-7-6-12-18(19)24-21(25)15-8-2-1-3-9-15/h4-7,10-13,15H,1-3,8-9,14H2,(H,23,26). The molecule has 0 unspecified atom stereocenters. The molecule has 1 fully saturated rings. The average molecular weight is 351 g/mol. The first-order valence-electron chi connectivity index (χ1n) is 9.22. The second-order valence-corrected chi connectivity index (χ2v) is 6.91. The minimum atomic E-state index is -0.427. The quantitative estimate of drug-likeness (QED) is 0.729. The summed E-state index contributed by atoms with van der Waals surface area (Å²) in [7, 11) is 0. The van der Waals surface area contributed by atoms with Gasteiger partial charge in [-0.15, -0.1) is 0 Å². The van der Waals surface area contributed by atoms with Crippen LogP contribution in [-0.4, -0.2) is 15.5 Å². The van der Waals surface area contributed by atoms with E-state index in [-0.39, 0.29) is 18.1 Å². The van der Waals surface area contributed by atoms with Crippen LogP contribution in [-0.2, 0) is 11.3 Å². The molecule has 1 N–H and O–H groups in total. The summed E-state index contributed by atoms with van der Waals surface area (Å²) in [5.41, 5.74) is 2.07. The summed E-state index contributed by atoms with van der Waals surface area (Å²) in [4.78, 5) is 17.4. The number of carbonyl (C=O) groups is 1. The van der Waals surface area contributed by atoms with E-state index in [1.165, 1.54) is 25.3 Å². The molecule has 1 aliphatic carbocycles. The van der Waals surface area contributed by atoms with E-state index in [1.807, 2.05) is 28.8 Å². The van der Waals surface area contributed by atoms with E-state index >= 15 is 0 Å². The molecule has 3 aromatic rings. The predicted octanol–water partition coefficient (Wildman–Crippen LogP) is 4.86. The summed E-state index contributed by atoms with van der Waals surface area (Å²) < 4.78 is 15.8. The number of rotatable bonds is 4. The highest BCUT2D eigenvalue weighted by Gasteiger charge is 2.23. The van der Waals surface area contributed by atoms with Crippen molar-refractivity contribution >= 4 is 22.6 Å². The fraction of sp³-hybridized carbons (Fsp3) is 0.333. The van der Waals surface area contributed by atoms with Crippen molar-refractivity contribution in [2.24, 2.45) is 0 Å². The van der Waals surface area contributed by atoms with Gasteiger partial charge in [0.2, 0.25) is 5.91 Å². The number of aromatic nitrogens is 2. The second-order valence-electron chi connectivity index (χ2n) is 6.91. The van der Waals surface area contributed by atoms with Crippen LogP contribution in [0.15, 0.2) is 48.5 Å². The fourth-order valence-corrected chi connectivity index (χ4v) is 3.83. The van der Waals surface area contributed by atoms with E-state index in [9.17, 15) is 9.18 Å². The molecular weight excluding hydrogens is 329 g/mol. The maximum absolute atomic E-state index is 13.8. The Balaban J connectivity index is 1.64. The average Bonchev–Trinajstić information content (AvgIpc) is 3.03. The van der Waals surface area contributed by atoms with Gasteiger partial charge in [-0.3, -0.25) is 4.79 Å². The molecule has 4 rings (SSSR count). The van der Waals surface area contributed by atoms with Gasteiger partial charge in [0.1, 0.15) is 18.2 Å². The van der Waals surface area contributed by atoms with Crippen molar-refractivity contribution in [1.29, 1.82) is 0 Å². The van der Waals surface area contributed by atoms with E-state index in [0.717, 1.165) is 29.7 Å². The molecule has 2 aromatic carbocycles. The van der Waals surface area contributed by atoms with Crippen LogP contribution in [0.2, 0.25) is 0 Å². The third kappa shape index (κ3) is 3.34. The summed E-state index contributed by atoms with van der Waals surface area (Å²) in [6.07, 6.45) is 5.89. The highest BCUT2D eigenvalue weighted by molar-refractivity contribution is 5.91. The van der Waals surface area contributed by atoms with Gasteiger partial charge in [-0.05, 0) is 37.1 Å². The van der Waals surface area contributed by atoms with Gasteiger partial charge in [-0.1, -0.05) is 43.5 Å². The minimum Gasteiger partial charge on any atom is -0.322 e. The Labute approximate surface area is 152 Å². The van der Waals surface area contributed by atoms with E-state index in [1.54, 1.807) is 18.2 Å².